The van der Waals surface area contributed by atoms with Crippen LogP contribution in [0.5, 0.6) is 0 Å². The van der Waals surface area contributed by atoms with Crippen LogP contribution in [-0.4, -0.2) is 22.9 Å². The summed E-state index contributed by atoms with van der Waals surface area (Å²) in [4.78, 5) is 0.214. The number of aryl methyl sites for hydroxylation is 2. The van der Waals surface area contributed by atoms with E-state index in [1.807, 2.05) is 13.8 Å². The van der Waals surface area contributed by atoms with Crippen molar-refractivity contribution in [2.75, 3.05) is 0 Å². The minimum atomic E-state index is -3.93. The van der Waals surface area contributed by atoms with Crippen LogP contribution in [0.3, 0.4) is 0 Å². The Morgan fingerprint density at radius 2 is 1.12 bits per heavy atom. The Morgan fingerprint density at radius 1 is 0.697 bits per heavy atom. The van der Waals surface area contributed by atoms with Gasteiger partial charge in [0.1, 0.15) is 0 Å². The molecule has 0 saturated heterocycles. The normalized spacial score (nSPS) is 14.1. The Bertz CT molecular complexity index is 1290. The van der Waals surface area contributed by atoms with Gasteiger partial charge in [-0.15, -0.1) is 0 Å². The topological polar surface area (TPSA) is 92.3 Å². The van der Waals surface area contributed by atoms with Crippen molar-refractivity contribution >= 4 is 31.6 Å². The van der Waals surface area contributed by atoms with Crippen LogP contribution in [0.25, 0.3) is 0 Å². The number of benzene rings is 3. The van der Waals surface area contributed by atoms with Crippen molar-refractivity contribution in [2.24, 2.45) is 0 Å². The Morgan fingerprint density at radius 3 is 1.55 bits per heavy atom. The van der Waals surface area contributed by atoms with Gasteiger partial charge in [0.25, 0.3) is 0 Å². The minimum Gasteiger partial charge on any atom is -0.207 e. The predicted octanol–water partition coefficient (Wildman–Crippen LogP) is 4.73. The molecule has 0 bridgehead atoms. The molecule has 0 unspecified atom stereocenters. The maximum absolute atomic E-state index is 13.2. The number of hydrogen-bond donors (Lipinski definition) is 2. The van der Waals surface area contributed by atoms with Crippen LogP contribution in [0.15, 0.2) is 82.6 Å². The van der Waals surface area contributed by atoms with E-state index in [-0.39, 0.29) is 9.79 Å². The standard InChI is InChI=1S/C24H27ClN2O4S2/c1-4-23(26-32(28,29)21-13-5-17(2)6-14-21)24(19-9-11-20(25)12-10-19)27-33(30,31)22-15-7-18(3)8-16-22/h5-16,23-24,26-27H,4H2,1-3H3/t23-,24+/m0/s1. The van der Waals surface area contributed by atoms with Crippen LogP contribution in [0.1, 0.15) is 36.1 Å². The zero-order valence-corrected chi connectivity index (χ0v) is 21.0. The SMILES string of the molecule is CC[C@H](NS(=O)(=O)c1ccc(C)cc1)[C@H](NS(=O)(=O)c1ccc(C)cc1)c1ccc(Cl)cc1. The van der Waals surface area contributed by atoms with E-state index >= 15 is 0 Å². The van der Waals surface area contributed by atoms with Crippen molar-refractivity contribution in [3.05, 3.63) is 94.5 Å². The monoisotopic (exact) mass is 506 g/mol. The Hall–Kier alpha value is -2.23. The predicted molar refractivity (Wildman–Crippen MR) is 131 cm³/mol. The molecule has 2 N–H and O–H groups in total. The van der Waals surface area contributed by atoms with Crippen molar-refractivity contribution in [2.45, 2.75) is 49.1 Å². The lowest BCUT2D eigenvalue weighted by atomic mass is 9.99. The summed E-state index contributed by atoms with van der Waals surface area (Å²) >= 11 is 6.02. The first-order valence-corrected chi connectivity index (χ1v) is 13.8. The smallest absolute Gasteiger partial charge is 0.207 e. The van der Waals surface area contributed by atoms with E-state index in [0.717, 1.165) is 11.1 Å². The summed E-state index contributed by atoms with van der Waals surface area (Å²) < 4.78 is 57.9. The average molecular weight is 507 g/mol. The lowest BCUT2D eigenvalue weighted by Gasteiger charge is -2.28. The fourth-order valence-electron chi connectivity index (χ4n) is 3.38. The number of halogens is 1. The van der Waals surface area contributed by atoms with Gasteiger partial charge in [-0.2, -0.15) is 0 Å². The van der Waals surface area contributed by atoms with Gasteiger partial charge in [-0.3, -0.25) is 0 Å². The molecule has 0 radical (unpaired) electrons. The van der Waals surface area contributed by atoms with E-state index in [1.165, 1.54) is 24.3 Å². The van der Waals surface area contributed by atoms with Gasteiger partial charge < -0.3 is 0 Å². The van der Waals surface area contributed by atoms with E-state index in [4.69, 9.17) is 11.6 Å². The summed E-state index contributed by atoms with van der Waals surface area (Å²) in [6.07, 6.45) is 0.342. The van der Waals surface area contributed by atoms with E-state index in [0.29, 0.717) is 17.0 Å². The number of hydrogen-bond acceptors (Lipinski definition) is 4. The van der Waals surface area contributed by atoms with Gasteiger partial charge in [-0.25, -0.2) is 26.3 Å². The highest BCUT2D eigenvalue weighted by molar-refractivity contribution is 7.90. The van der Waals surface area contributed by atoms with Crippen molar-refractivity contribution in [1.82, 2.24) is 9.44 Å². The fourth-order valence-corrected chi connectivity index (χ4v) is 6.10. The molecule has 0 aliphatic rings. The van der Waals surface area contributed by atoms with Gasteiger partial charge >= 0.3 is 0 Å². The minimum absolute atomic E-state index is 0.100. The van der Waals surface area contributed by atoms with E-state index in [9.17, 15) is 16.8 Å². The maximum Gasteiger partial charge on any atom is 0.241 e. The molecule has 176 valence electrons. The average Bonchev–Trinajstić information content (AvgIpc) is 2.77. The molecule has 0 saturated carbocycles. The summed E-state index contributed by atoms with van der Waals surface area (Å²) in [6, 6.07) is 18.0. The van der Waals surface area contributed by atoms with Crippen LogP contribution in [0.4, 0.5) is 0 Å². The molecule has 0 aliphatic heterocycles. The molecule has 33 heavy (non-hydrogen) atoms. The zero-order chi connectivity index (χ0) is 24.2. The molecule has 2 atom stereocenters. The second-order valence-electron chi connectivity index (χ2n) is 7.91. The number of nitrogens with one attached hydrogen (secondary N) is 2. The molecular weight excluding hydrogens is 480 g/mol. The summed E-state index contributed by atoms with van der Waals surface area (Å²) in [6.45, 7) is 5.54. The van der Waals surface area contributed by atoms with Crippen molar-refractivity contribution in [1.29, 1.82) is 0 Å². The third-order valence-electron chi connectivity index (χ3n) is 5.32. The second-order valence-corrected chi connectivity index (χ2v) is 11.8. The first kappa shape index (κ1) is 25.4. The Kier molecular flexibility index (Phi) is 7.97. The number of rotatable bonds is 9. The van der Waals surface area contributed by atoms with Crippen LogP contribution < -0.4 is 9.44 Å². The molecule has 9 heteroatoms. The highest BCUT2D eigenvalue weighted by Gasteiger charge is 2.31. The van der Waals surface area contributed by atoms with Gasteiger partial charge in [-0.1, -0.05) is 66.0 Å². The summed E-state index contributed by atoms with van der Waals surface area (Å²) in [7, 11) is -7.82. The zero-order valence-electron chi connectivity index (χ0n) is 18.6. The van der Waals surface area contributed by atoms with Crippen LogP contribution in [0, 0.1) is 13.8 Å². The molecule has 0 heterocycles. The molecule has 0 amide bonds. The molecule has 0 aromatic heterocycles. The highest BCUT2D eigenvalue weighted by Crippen LogP contribution is 2.26. The Balaban J connectivity index is 1.99. The van der Waals surface area contributed by atoms with Gasteiger partial charge in [-0.05, 0) is 62.2 Å². The largest absolute Gasteiger partial charge is 0.241 e. The summed E-state index contributed by atoms with van der Waals surface area (Å²) in [5.74, 6) is 0. The third kappa shape index (κ3) is 6.43. The lowest BCUT2D eigenvalue weighted by molar-refractivity contribution is 0.444. The van der Waals surface area contributed by atoms with Gasteiger partial charge in [0.05, 0.1) is 15.8 Å². The molecule has 3 aromatic rings. The second kappa shape index (κ2) is 10.4. The molecule has 6 nitrogen and oxygen atoms in total. The first-order valence-electron chi connectivity index (χ1n) is 10.5. The van der Waals surface area contributed by atoms with E-state index in [1.54, 1.807) is 55.5 Å². The molecular formula is C24H27ClN2O4S2. The fraction of sp³-hybridized carbons (Fsp3) is 0.250. The van der Waals surface area contributed by atoms with Gasteiger partial charge in [0, 0.05) is 11.1 Å². The van der Waals surface area contributed by atoms with E-state index in [2.05, 4.69) is 9.44 Å². The first-order chi connectivity index (χ1) is 15.5. The molecule has 3 rings (SSSR count). The third-order valence-corrected chi connectivity index (χ3v) is 8.54. The van der Waals surface area contributed by atoms with Gasteiger partial charge in [0.15, 0.2) is 0 Å². The lowest BCUT2D eigenvalue weighted by Crippen LogP contribution is -2.45. The van der Waals surface area contributed by atoms with Crippen molar-refractivity contribution in [3.63, 3.8) is 0 Å². The summed E-state index contributed by atoms with van der Waals surface area (Å²) in [5, 5.41) is 0.493. The molecule has 0 aliphatic carbocycles. The number of sulfonamides is 2. The van der Waals surface area contributed by atoms with Crippen LogP contribution >= 0.6 is 11.6 Å². The van der Waals surface area contributed by atoms with Crippen LogP contribution in [-0.2, 0) is 20.0 Å². The van der Waals surface area contributed by atoms with Crippen molar-refractivity contribution in [3.8, 4) is 0 Å². The Labute approximate surface area is 201 Å². The molecule has 3 aromatic carbocycles. The van der Waals surface area contributed by atoms with Gasteiger partial charge in [0.2, 0.25) is 20.0 Å². The van der Waals surface area contributed by atoms with Crippen molar-refractivity contribution < 1.29 is 16.8 Å². The summed E-state index contributed by atoms with van der Waals surface area (Å²) in [5.41, 5.74) is 2.46. The maximum atomic E-state index is 13.2. The molecule has 0 fully saturated rings. The van der Waals surface area contributed by atoms with Crippen LogP contribution in [0.2, 0.25) is 5.02 Å². The quantitative estimate of drug-likeness (QED) is 0.438. The van der Waals surface area contributed by atoms with E-state index < -0.39 is 32.1 Å². The highest BCUT2D eigenvalue weighted by atomic mass is 35.5. The molecule has 0 spiro atoms.